The minimum Gasteiger partial charge on any atom is -0.385 e. The van der Waals surface area contributed by atoms with E-state index in [0.717, 1.165) is 58.7 Å². The van der Waals surface area contributed by atoms with Crippen LogP contribution in [0.15, 0.2) is 23.8 Å². The van der Waals surface area contributed by atoms with E-state index in [-0.39, 0.29) is 36.8 Å². The lowest BCUT2D eigenvalue weighted by atomic mass is 9.89. The average molecular weight is 539 g/mol. The van der Waals surface area contributed by atoms with Gasteiger partial charge < -0.3 is 36.8 Å². The molecule has 4 aliphatic rings. The molecule has 0 bridgehead atoms. The molecule has 6 atom stereocenters. The third-order valence-corrected chi connectivity index (χ3v) is 8.73. The number of nitrogens with one attached hydrogen (secondary N) is 4. The van der Waals surface area contributed by atoms with Gasteiger partial charge in [0.2, 0.25) is 5.91 Å². The molecule has 3 saturated heterocycles. The molecule has 5 unspecified atom stereocenters. The maximum absolute atomic E-state index is 15.4. The van der Waals surface area contributed by atoms with Crippen LogP contribution in [0.3, 0.4) is 0 Å². The van der Waals surface area contributed by atoms with Crippen molar-refractivity contribution in [3.05, 3.63) is 23.8 Å². The van der Waals surface area contributed by atoms with Crippen molar-refractivity contribution >= 4 is 5.91 Å². The Morgan fingerprint density at radius 2 is 1.87 bits per heavy atom. The number of amides is 1. The van der Waals surface area contributed by atoms with Gasteiger partial charge in [-0.15, -0.1) is 0 Å². The average Bonchev–Trinajstić information content (AvgIpc) is 2.88. The number of likely N-dealkylation sites (tertiary alicyclic amines) is 1. The number of piperazine rings is 1. The molecular formula is C27H48F2N8O. The van der Waals surface area contributed by atoms with Crippen LogP contribution in [0.1, 0.15) is 33.1 Å². The molecule has 0 radical (unpaired) electrons. The molecule has 3 fully saturated rings. The summed E-state index contributed by atoms with van der Waals surface area (Å²) in [5.74, 6) is -0.634. The van der Waals surface area contributed by atoms with Crippen molar-refractivity contribution in [3.63, 3.8) is 0 Å². The van der Waals surface area contributed by atoms with E-state index in [1.54, 1.807) is 6.08 Å². The van der Waals surface area contributed by atoms with Gasteiger partial charge in [-0.25, -0.2) is 8.78 Å². The molecular weight excluding hydrogens is 490 g/mol. The van der Waals surface area contributed by atoms with Gasteiger partial charge in [0.05, 0.1) is 24.2 Å². The maximum Gasteiger partial charge on any atom is 0.228 e. The number of alkyl halides is 1. The summed E-state index contributed by atoms with van der Waals surface area (Å²) in [6.07, 6.45) is 3.52. The highest BCUT2D eigenvalue weighted by atomic mass is 19.1. The molecule has 11 heteroatoms. The summed E-state index contributed by atoms with van der Waals surface area (Å²) in [5, 5.41) is 12.4. The Morgan fingerprint density at radius 3 is 2.58 bits per heavy atom. The molecule has 4 heterocycles. The Balaban J connectivity index is 1.37. The number of rotatable bonds is 5. The van der Waals surface area contributed by atoms with Crippen LogP contribution in [0, 0.1) is 11.8 Å². The number of hydrogen-bond donors (Lipinski definition) is 5. The van der Waals surface area contributed by atoms with Crippen LogP contribution in [0.25, 0.3) is 0 Å². The van der Waals surface area contributed by atoms with E-state index in [0.29, 0.717) is 18.2 Å². The van der Waals surface area contributed by atoms with Crippen LogP contribution < -0.4 is 27.0 Å². The number of carbonyl (C=O) groups excluding carboxylic acids is 1. The molecule has 0 aromatic carbocycles. The van der Waals surface area contributed by atoms with Gasteiger partial charge in [0.25, 0.3) is 0 Å². The van der Waals surface area contributed by atoms with Gasteiger partial charge in [-0.1, -0.05) is 6.08 Å². The fourth-order valence-corrected chi connectivity index (χ4v) is 6.35. The molecule has 0 aromatic heterocycles. The van der Waals surface area contributed by atoms with E-state index in [1.807, 2.05) is 13.8 Å². The highest BCUT2D eigenvalue weighted by Gasteiger charge is 2.42. The van der Waals surface area contributed by atoms with Crippen molar-refractivity contribution in [1.82, 2.24) is 36.0 Å². The first-order valence-corrected chi connectivity index (χ1v) is 14.3. The normalized spacial score (nSPS) is 38.2. The summed E-state index contributed by atoms with van der Waals surface area (Å²) in [6, 6.07) is -1.18. The van der Waals surface area contributed by atoms with Gasteiger partial charge in [-0.05, 0) is 52.7 Å². The number of hydrogen-bond acceptors (Lipinski definition) is 8. The van der Waals surface area contributed by atoms with Crippen molar-refractivity contribution in [2.45, 2.75) is 63.6 Å². The first kappa shape index (κ1) is 29.2. The Bertz CT molecular complexity index is 841. The number of halogens is 2. The molecule has 0 saturated carbocycles. The Labute approximate surface area is 226 Å². The van der Waals surface area contributed by atoms with Crippen LogP contribution in [0.2, 0.25) is 0 Å². The first-order valence-electron chi connectivity index (χ1n) is 14.3. The number of nitrogens with zero attached hydrogens (tertiary/aromatic N) is 3. The predicted molar refractivity (Wildman–Crippen MR) is 146 cm³/mol. The monoisotopic (exact) mass is 538 g/mol. The molecule has 0 aromatic rings. The lowest BCUT2D eigenvalue weighted by Crippen LogP contribution is -2.67. The summed E-state index contributed by atoms with van der Waals surface area (Å²) >= 11 is 0. The zero-order valence-electron chi connectivity index (χ0n) is 23.3. The maximum atomic E-state index is 15.4. The van der Waals surface area contributed by atoms with Gasteiger partial charge in [0, 0.05) is 70.2 Å². The lowest BCUT2D eigenvalue weighted by Gasteiger charge is -2.46. The van der Waals surface area contributed by atoms with E-state index >= 15 is 4.39 Å². The van der Waals surface area contributed by atoms with Crippen molar-refractivity contribution in [2.75, 3.05) is 66.0 Å². The van der Waals surface area contributed by atoms with Crippen LogP contribution >= 0.6 is 0 Å². The molecule has 38 heavy (non-hydrogen) atoms. The summed E-state index contributed by atoms with van der Waals surface area (Å²) in [7, 11) is 2.17. The second kappa shape index (κ2) is 13.5. The fraction of sp³-hybridized carbons (Fsp3) is 0.815. The van der Waals surface area contributed by atoms with Crippen molar-refractivity contribution in [2.24, 2.45) is 17.6 Å². The molecule has 9 nitrogen and oxygen atoms in total. The van der Waals surface area contributed by atoms with Gasteiger partial charge in [-0.2, -0.15) is 0 Å². The van der Waals surface area contributed by atoms with Crippen molar-refractivity contribution in [3.8, 4) is 0 Å². The third-order valence-electron chi connectivity index (χ3n) is 8.73. The van der Waals surface area contributed by atoms with Crippen LogP contribution in [0.4, 0.5) is 8.78 Å². The van der Waals surface area contributed by atoms with E-state index in [2.05, 4.69) is 43.0 Å². The van der Waals surface area contributed by atoms with E-state index < -0.39 is 24.3 Å². The summed E-state index contributed by atoms with van der Waals surface area (Å²) in [5.41, 5.74) is 7.14. The van der Waals surface area contributed by atoms with Crippen LogP contribution in [-0.4, -0.2) is 117 Å². The Hall–Kier alpha value is -1.79. The predicted octanol–water partition coefficient (Wildman–Crippen LogP) is 0.328. The largest absolute Gasteiger partial charge is 0.385 e. The summed E-state index contributed by atoms with van der Waals surface area (Å²) in [4.78, 5) is 20.8. The Kier molecular flexibility index (Phi) is 10.4. The van der Waals surface area contributed by atoms with Crippen molar-refractivity contribution in [1.29, 1.82) is 0 Å². The molecule has 6 N–H and O–H groups in total. The fourth-order valence-electron chi connectivity index (χ4n) is 6.35. The topological polar surface area (TPSA) is 101 Å². The number of likely N-dealkylation sites (N-methyl/N-ethyl adjacent to an activating group) is 1. The minimum absolute atomic E-state index is 0.154. The molecule has 0 spiro atoms. The molecule has 4 rings (SSSR count). The quantitative estimate of drug-likeness (QED) is 0.342. The molecule has 1 amide bonds. The van der Waals surface area contributed by atoms with E-state index in [4.69, 9.17) is 5.73 Å². The van der Waals surface area contributed by atoms with Gasteiger partial charge in [0.15, 0.2) is 0 Å². The zero-order chi connectivity index (χ0) is 27.2. The zero-order valence-corrected chi connectivity index (χ0v) is 23.3. The second-order valence-electron chi connectivity index (χ2n) is 11.7. The smallest absolute Gasteiger partial charge is 0.228 e. The Morgan fingerprint density at radius 1 is 1.16 bits per heavy atom. The SMILES string of the molecule is C/C1=C/C/C(F)=C\NC(C)C(C(=O)NC2CNCC(F)[C@H]2N2CCC(CN3CCN(C)CC3)CC2)C(N)N1. The standard InChI is InChI=1S/C27H48F2N8O/c1-18-4-5-21(28)14-32-19(2)24(26(30)33-18)27(38)34-23-16-31-15-22(29)25(23)37-8-6-20(7-9-37)17-36-12-10-35(3)11-13-36/h4,14,19-20,22-26,31-33H,5-13,15-17,30H2,1-3H3,(H,34,38)/b18-4-,21-14+/t19?,22?,23?,24?,25-,26?/m1/s1. The molecule has 4 aliphatic heterocycles. The molecule has 216 valence electrons. The minimum atomic E-state index is -1.07. The number of allylic oxidation sites excluding steroid dienone is 3. The number of nitrogens with two attached hydrogens (primary N) is 1. The number of carbonyl (C=O) groups is 1. The second-order valence-corrected chi connectivity index (χ2v) is 11.7. The number of piperidine rings is 2. The third kappa shape index (κ3) is 7.65. The van der Waals surface area contributed by atoms with Crippen LogP contribution in [0.5, 0.6) is 0 Å². The lowest BCUT2D eigenvalue weighted by molar-refractivity contribution is -0.128. The highest BCUT2D eigenvalue weighted by Crippen LogP contribution is 2.25. The first-order chi connectivity index (χ1) is 18.2. The van der Waals surface area contributed by atoms with E-state index in [9.17, 15) is 9.18 Å². The molecule has 0 aliphatic carbocycles. The van der Waals surface area contributed by atoms with Crippen molar-refractivity contribution < 1.29 is 13.6 Å². The van der Waals surface area contributed by atoms with Gasteiger partial charge in [0.1, 0.15) is 12.0 Å². The van der Waals surface area contributed by atoms with Crippen LogP contribution in [-0.2, 0) is 4.79 Å². The summed E-state index contributed by atoms with van der Waals surface area (Å²) in [6.45, 7) is 11.7. The van der Waals surface area contributed by atoms with Gasteiger partial charge >= 0.3 is 0 Å². The summed E-state index contributed by atoms with van der Waals surface area (Å²) < 4.78 is 29.5. The highest BCUT2D eigenvalue weighted by molar-refractivity contribution is 5.80. The van der Waals surface area contributed by atoms with E-state index in [1.165, 1.54) is 6.20 Å². The van der Waals surface area contributed by atoms with Gasteiger partial charge in [-0.3, -0.25) is 9.69 Å².